The molecule has 0 aliphatic rings. The molecule has 0 fully saturated rings. The number of hydrogen-bond donors (Lipinski definition) is 2. The predicted molar refractivity (Wildman–Crippen MR) is 131 cm³/mol. The van der Waals surface area contributed by atoms with Crippen LogP contribution < -0.4 is 10.6 Å². The van der Waals surface area contributed by atoms with Crippen LogP contribution in [0.1, 0.15) is 94.3 Å². The average molecular weight is 441 g/mol. The van der Waals surface area contributed by atoms with Gasteiger partial charge in [0.15, 0.2) is 0 Å². The molecule has 2 aromatic carbocycles. The summed E-state index contributed by atoms with van der Waals surface area (Å²) in [5.74, 6) is -0.694. The van der Waals surface area contributed by atoms with Crippen molar-refractivity contribution in [1.82, 2.24) is 0 Å². The second-order valence-corrected chi connectivity index (χ2v) is 8.38. The first kappa shape index (κ1) is 25.6. The Labute approximate surface area is 192 Å². The Morgan fingerprint density at radius 1 is 0.719 bits per heavy atom. The molecule has 0 saturated heterocycles. The Morgan fingerprint density at radius 2 is 1.31 bits per heavy atom. The van der Waals surface area contributed by atoms with E-state index in [4.69, 9.17) is 0 Å². The highest BCUT2D eigenvalue weighted by atomic mass is 19.1. The van der Waals surface area contributed by atoms with Crippen molar-refractivity contribution in [2.24, 2.45) is 0 Å². The van der Waals surface area contributed by atoms with Crippen molar-refractivity contribution in [3.8, 4) is 0 Å². The van der Waals surface area contributed by atoms with E-state index >= 15 is 0 Å². The van der Waals surface area contributed by atoms with E-state index < -0.39 is 0 Å². The van der Waals surface area contributed by atoms with Crippen LogP contribution >= 0.6 is 0 Å². The fraction of sp³-hybridized carbons (Fsp3) is 0.481. The Balaban J connectivity index is 1.62. The minimum Gasteiger partial charge on any atom is -0.326 e. The summed E-state index contributed by atoms with van der Waals surface area (Å²) in [6.07, 6.45) is 14.2. The molecule has 0 saturated carbocycles. The summed E-state index contributed by atoms with van der Waals surface area (Å²) in [7, 11) is 0. The average Bonchev–Trinajstić information content (AvgIpc) is 2.79. The third-order valence-corrected chi connectivity index (χ3v) is 5.52. The summed E-state index contributed by atoms with van der Waals surface area (Å²) in [5, 5.41) is 5.60. The van der Waals surface area contributed by atoms with Gasteiger partial charge in [-0.3, -0.25) is 9.59 Å². The molecule has 174 valence electrons. The predicted octanol–water partition coefficient (Wildman–Crippen LogP) is 7.72. The van der Waals surface area contributed by atoms with Crippen molar-refractivity contribution in [1.29, 1.82) is 0 Å². The maximum atomic E-state index is 13.0. The monoisotopic (exact) mass is 440 g/mol. The third kappa shape index (κ3) is 10.6. The lowest BCUT2D eigenvalue weighted by Gasteiger charge is -2.09. The van der Waals surface area contributed by atoms with E-state index in [1.165, 1.54) is 82.1 Å². The van der Waals surface area contributed by atoms with E-state index in [1.54, 1.807) is 24.3 Å². The van der Waals surface area contributed by atoms with Crippen LogP contribution in [0, 0.1) is 5.82 Å². The molecule has 0 atom stereocenters. The van der Waals surface area contributed by atoms with Gasteiger partial charge in [0.2, 0.25) is 5.91 Å². The van der Waals surface area contributed by atoms with Crippen LogP contribution in [0.4, 0.5) is 15.8 Å². The molecule has 2 aromatic rings. The number of amides is 2. The topological polar surface area (TPSA) is 58.2 Å². The maximum Gasteiger partial charge on any atom is 0.255 e. The van der Waals surface area contributed by atoms with Gasteiger partial charge in [-0.05, 0) is 48.9 Å². The normalized spacial score (nSPS) is 10.7. The van der Waals surface area contributed by atoms with Gasteiger partial charge in [-0.1, -0.05) is 77.2 Å². The molecule has 5 heteroatoms. The minimum atomic E-state index is -0.356. The summed E-state index contributed by atoms with van der Waals surface area (Å²) >= 11 is 0. The number of carbonyl (C=O) groups is 2. The van der Waals surface area contributed by atoms with E-state index in [2.05, 4.69) is 17.6 Å². The van der Waals surface area contributed by atoms with E-state index in [1.807, 2.05) is 0 Å². The number of halogens is 1. The molecule has 0 aliphatic carbocycles. The highest BCUT2D eigenvalue weighted by Crippen LogP contribution is 2.16. The van der Waals surface area contributed by atoms with Gasteiger partial charge >= 0.3 is 0 Å². The lowest BCUT2D eigenvalue weighted by molar-refractivity contribution is -0.116. The van der Waals surface area contributed by atoms with Crippen LogP contribution in [0.5, 0.6) is 0 Å². The molecular weight excluding hydrogens is 403 g/mol. The number of rotatable bonds is 15. The molecule has 0 aliphatic heterocycles. The van der Waals surface area contributed by atoms with Gasteiger partial charge in [0.25, 0.3) is 5.91 Å². The second kappa shape index (κ2) is 15.2. The quantitative estimate of drug-likeness (QED) is 0.279. The molecule has 2 rings (SSSR count). The molecule has 2 N–H and O–H groups in total. The van der Waals surface area contributed by atoms with Gasteiger partial charge in [0.1, 0.15) is 5.82 Å². The summed E-state index contributed by atoms with van der Waals surface area (Å²) in [4.78, 5) is 24.6. The zero-order valence-electron chi connectivity index (χ0n) is 19.3. The molecular formula is C27H37FN2O2. The maximum absolute atomic E-state index is 13.0. The highest BCUT2D eigenvalue weighted by molar-refractivity contribution is 6.05. The van der Waals surface area contributed by atoms with Crippen molar-refractivity contribution in [2.75, 3.05) is 10.6 Å². The van der Waals surface area contributed by atoms with Crippen molar-refractivity contribution < 1.29 is 14.0 Å². The first-order valence-electron chi connectivity index (χ1n) is 12.1. The summed E-state index contributed by atoms with van der Waals surface area (Å²) in [6, 6.07) is 12.4. The molecule has 2 amide bonds. The standard InChI is InChI=1S/C27H37FN2O2/c1-2-3-4-5-6-7-8-9-10-11-12-16-26(31)29-25-15-13-14-22(21-25)27(32)30-24-19-17-23(28)18-20-24/h13-15,17-21H,2-12,16H2,1H3,(H,29,31)(H,30,32). The van der Waals surface area contributed by atoms with E-state index in [0.717, 1.165) is 12.8 Å². The van der Waals surface area contributed by atoms with Crippen LogP contribution in [-0.2, 0) is 4.79 Å². The van der Waals surface area contributed by atoms with E-state index in [0.29, 0.717) is 23.4 Å². The molecule has 32 heavy (non-hydrogen) atoms. The van der Waals surface area contributed by atoms with Crippen molar-refractivity contribution >= 4 is 23.2 Å². The molecule has 0 unspecified atom stereocenters. The highest BCUT2D eigenvalue weighted by Gasteiger charge is 2.09. The lowest BCUT2D eigenvalue weighted by Crippen LogP contribution is -2.14. The van der Waals surface area contributed by atoms with Crippen LogP contribution in [0.2, 0.25) is 0 Å². The number of anilines is 2. The summed E-state index contributed by atoms with van der Waals surface area (Å²) in [6.45, 7) is 2.24. The lowest BCUT2D eigenvalue weighted by atomic mass is 10.1. The summed E-state index contributed by atoms with van der Waals surface area (Å²) < 4.78 is 13.0. The van der Waals surface area contributed by atoms with Crippen LogP contribution in [0.3, 0.4) is 0 Å². The van der Waals surface area contributed by atoms with Crippen LogP contribution in [0.25, 0.3) is 0 Å². The molecule has 0 aromatic heterocycles. The van der Waals surface area contributed by atoms with Gasteiger partial charge < -0.3 is 10.6 Å². The van der Waals surface area contributed by atoms with E-state index in [9.17, 15) is 14.0 Å². The molecule has 0 radical (unpaired) electrons. The number of nitrogens with one attached hydrogen (secondary N) is 2. The number of hydrogen-bond acceptors (Lipinski definition) is 2. The third-order valence-electron chi connectivity index (χ3n) is 5.52. The molecule has 0 heterocycles. The number of benzene rings is 2. The minimum absolute atomic E-state index is 0.0305. The Bertz CT molecular complexity index is 821. The largest absolute Gasteiger partial charge is 0.326 e. The summed E-state index contributed by atoms with van der Waals surface area (Å²) in [5.41, 5.74) is 1.55. The first-order valence-corrected chi connectivity index (χ1v) is 12.1. The van der Waals surface area contributed by atoms with Crippen molar-refractivity contribution in [3.63, 3.8) is 0 Å². The first-order chi connectivity index (χ1) is 15.6. The van der Waals surface area contributed by atoms with Gasteiger partial charge in [-0.15, -0.1) is 0 Å². The van der Waals surface area contributed by atoms with Crippen LogP contribution in [-0.4, -0.2) is 11.8 Å². The van der Waals surface area contributed by atoms with Gasteiger partial charge in [-0.2, -0.15) is 0 Å². The Hall–Kier alpha value is -2.69. The van der Waals surface area contributed by atoms with Gasteiger partial charge in [0.05, 0.1) is 0 Å². The molecule has 0 bridgehead atoms. The molecule has 4 nitrogen and oxygen atoms in total. The van der Waals surface area contributed by atoms with Crippen molar-refractivity contribution in [2.45, 2.75) is 84.0 Å². The zero-order chi connectivity index (χ0) is 23.0. The Morgan fingerprint density at radius 3 is 1.94 bits per heavy atom. The van der Waals surface area contributed by atoms with Crippen molar-refractivity contribution in [3.05, 3.63) is 59.9 Å². The van der Waals surface area contributed by atoms with E-state index in [-0.39, 0.29) is 17.6 Å². The SMILES string of the molecule is CCCCCCCCCCCCCC(=O)Nc1cccc(C(=O)Nc2ccc(F)cc2)c1. The number of unbranched alkanes of at least 4 members (excludes halogenated alkanes) is 10. The molecule has 0 spiro atoms. The zero-order valence-corrected chi connectivity index (χ0v) is 19.3. The number of carbonyl (C=O) groups excluding carboxylic acids is 2. The smallest absolute Gasteiger partial charge is 0.255 e. The van der Waals surface area contributed by atoms with Gasteiger partial charge in [-0.25, -0.2) is 4.39 Å². The van der Waals surface area contributed by atoms with Gasteiger partial charge in [0, 0.05) is 23.4 Å². The fourth-order valence-corrected chi connectivity index (χ4v) is 3.65. The fourth-order valence-electron chi connectivity index (χ4n) is 3.65. The Kier molecular flexibility index (Phi) is 12.1. The second-order valence-electron chi connectivity index (χ2n) is 8.38. The van der Waals surface area contributed by atoms with Crippen LogP contribution in [0.15, 0.2) is 48.5 Å².